The predicted molar refractivity (Wildman–Crippen MR) is 66.6 cm³/mol. The van der Waals surface area contributed by atoms with E-state index in [1.54, 1.807) is 13.0 Å². The van der Waals surface area contributed by atoms with E-state index >= 15 is 0 Å². The Morgan fingerprint density at radius 2 is 1.86 bits per heavy atom. The van der Waals surface area contributed by atoms with Crippen LogP contribution in [0.25, 0.3) is 0 Å². The molecule has 1 atom stereocenters. The van der Waals surface area contributed by atoms with Crippen LogP contribution in [0.15, 0.2) is 19.5 Å². The van der Waals surface area contributed by atoms with Gasteiger partial charge in [-0.05, 0) is 60.8 Å². The van der Waals surface area contributed by atoms with Gasteiger partial charge in [0, 0.05) is 25.4 Å². The molecule has 0 saturated heterocycles. The van der Waals surface area contributed by atoms with E-state index < -0.39 is 6.10 Å². The van der Waals surface area contributed by atoms with Gasteiger partial charge in [-0.25, -0.2) is 0 Å². The predicted octanol–water partition coefficient (Wildman–Crippen LogP) is 3.60. The molecule has 14 heavy (non-hydrogen) atoms. The zero-order chi connectivity index (χ0) is 10.9. The van der Waals surface area contributed by atoms with E-state index in [9.17, 15) is 10.2 Å². The van der Waals surface area contributed by atoms with Gasteiger partial charge in [0.05, 0.1) is 6.10 Å². The largest absolute Gasteiger partial charge is 0.508 e. The molecule has 1 aromatic rings. The first-order valence-corrected chi connectivity index (χ1v) is 6.34. The third-order valence-corrected chi connectivity index (χ3v) is 5.13. The van der Waals surface area contributed by atoms with Gasteiger partial charge in [-0.3, -0.25) is 0 Å². The van der Waals surface area contributed by atoms with Crippen LogP contribution in [0.5, 0.6) is 5.75 Å². The Labute approximate surface area is 108 Å². The molecule has 0 aliphatic rings. The molecule has 0 bridgehead atoms. The van der Waals surface area contributed by atoms with Crippen molar-refractivity contribution in [3.05, 3.63) is 25.0 Å². The first kappa shape index (κ1) is 12.5. The summed E-state index contributed by atoms with van der Waals surface area (Å²) in [5.74, 6) is 0.174. The van der Waals surface area contributed by atoms with Gasteiger partial charge < -0.3 is 10.2 Å². The molecule has 5 heteroatoms. The lowest BCUT2D eigenvalue weighted by atomic mass is 10.1. The van der Waals surface area contributed by atoms with Crippen molar-refractivity contribution in [3.63, 3.8) is 0 Å². The number of halogens is 3. The highest BCUT2D eigenvalue weighted by Gasteiger charge is 2.14. The van der Waals surface area contributed by atoms with E-state index in [-0.39, 0.29) is 5.75 Å². The fraction of sp³-hybridized carbons (Fsp3) is 0.333. The zero-order valence-electron chi connectivity index (χ0n) is 7.39. The van der Waals surface area contributed by atoms with Gasteiger partial charge in [-0.15, -0.1) is 0 Å². The van der Waals surface area contributed by atoms with Crippen molar-refractivity contribution in [2.45, 2.75) is 19.4 Å². The molecule has 0 saturated carbocycles. The second-order valence-electron chi connectivity index (χ2n) is 3.04. The molecule has 2 nitrogen and oxygen atoms in total. The molecule has 0 heterocycles. The number of aromatic hydroxyl groups is 1. The summed E-state index contributed by atoms with van der Waals surface area (Å²) in [6.45, 7) is 1.68. The lowest BCUT2D eigenvalue weighted by molar-refractivity contribution is 0.194. The summed E-state index contributed by atoms with van der Waals surface area (Å²) in [4.78, 5) is 0. The molecule has 0 aliphatic heterocycles. The van der Waals surface area contributed by atoms with Crippen LogP contribution < -0.4 is 0 Å². The zero-order valence-corrected chi connectivity index (χ0v) is 12.1. The summed E-state index contributed by atoms with van der Waals surface area (Å²) >= 11 is 10.0. The lowest BCUT2D eigenvalue weighted by Crippen LogP contribution is -2.05. The van der Waals surface area contributed by atoms with E-state index in [4.69, 9.17) is 0 Å². The highest BCUT2D eigenvalue weighted by atomic mass is 79.9. The number of rotatable bonds is 2. The number of hydrogen-bond donors (Lipinski definition) is 2. The van der Waals surface area contributed by atoms with Gasteiger partial charge >= 0.3 is 0 Å². The Bertz CT molecular complexity index is 350. The van der Waals surface area contributed by atoms with E-state index in [2.05, 4.69) is 47.8 Å². The van der Waals surface area contributed by atoms with Gasteiger partial charge in [0.15, 0.2) is 0 Å². The Morgan fingerprint density at radius 1 is 1.29 bits per heavy atom. The second kappa shape index (κ2) is 4.96. The number of aliphatic hydroxyl groups excluding tert-OH is 1. The minimum absolute atomic E-state index is 0.174. The minimum atomic E-state index is -0.481. The smallest absolute Gasteiger partial charge is 0.121 e. The van der Waals surface area contributed by atoms with E-state index in [1.807, 2.05) is 0 Å². The van der Waals surface area contributed by atoms with Crippen LogP contribution in [0.3, 0.4) is 0 Å². The van der Waals surface area contributed by atoms with Gasteiger partial charge in [-0.1, -0.05) is 0 Å². The van der Waals surface area contributed by atoms with Crippen LogP contribution in [-0.4, -0.2) is 16.3 Å². The van der Waals surface area contributed by atoms with Crippen molar-refractivity contribution in [1.29, 1.82) is 0 Å². The standard InChI is InChI=1S/C9H9Br3O2/c1-4(13)2-5-7(14)3-6(10)9(12)8(5)11/h3-4,13-14H,2H2,1H3. The Balaban J connectivity index is 3.22. The number of aliphatic hydroxyl groups is 1. The normalized spacial score (nSPS) is 12.9. The third-order valence-electron chi connectivity index (χ3n) is 1.74. The minimum Gasteiger partial charge on any atom is -0.508 e. The Morgan fingerprint density at radius 3 is 2.36 bits per heavy atom. The Kier molecular flexibility index (Phi) is 4.43. The highest BCUT2D eigenvalue weighted by molar-refractivity contribution is 9.14. The lowest BCUT2D eigenvalue weighted by Gasteiger charge is -2.11. The molecule has 0 aromatic heterocycles. The number of hydrogen-bond acceptors (Lipinski definition) is 2. The van der Waals surface area contributed by atoms with Crippen LogP contribution in [-0.2, 0) is 6.42 Å². The molecule has 1 aromatic carbocycles. The second-order valence-corrected chi connectivity index (χ2v) is 5.48. The maximum atomic E-state index is 9.65. The maximum Gasteiger partial charge on any atom is 0.121 e. The van der Waals surface area contributed by atoms with Gasteiger partial charge in [-0.2, -0.15) is 0 Å². The average molecular weight is 389 g/mol. The van der Waals surface area contributed by atoms with Crippen LogP contribution in [0.1, 0.15) is 12.5 Å². The van der Waals surface area contributed by atoms with Crippen molar-refractivity contribution in [1.82, 2.24) is 0 Å². The highest BCUT2D eigenvalue weighted by Crippen LogP contribution is 2.39. The van der Waals surface area contributed by atoms with Crippen LogP contribution >= 0.6 is 47.8 Å². The number of phenols is 1. The fourth-order valence-electron chi connectivity index (χ4n) is 1.11. The third kappa shape index (κ3) is 2.72. The summed E-state index contributed by atoms with van der Waals surface area (Å²) in [5.41, 5.74) is 0.704. The molecular weight excluding hydrogens is 380 g/mol. The summed E-state index contributed by atoms with van der Waals surface area (Å²) in [7, 11) is 0. The molecule has 0 radical (unpaired) electrons. The summed E-state index contributed by atoms with van der Waals surface area (Å²) in [6, 6.07) is 1.60. The van der Waals surface area contributed by atoms with E-state index in [0.717, 1.165) is 13.4 Å². The maximum absolute atomic E-state index is 9.65. The van der Waals surface area contributed by atoms with Gasteiger partial charge in [0.2, 0.25) is 0 Å². The monoisotopic (exact) mass is 386 g/mol. The molecule has 0 fully saturated rings. The molecule has 1 rings (SSSR count). The SMILES string of the molecule is CC(O)Cc1c(O)cc(Br)c(Br)c1Br. The van der Waals surface area contributed by atoms with Crippen LogP contribution in [0.4, 0.5) is 0 Å². The van der Waals surface area contributed by atoms with Crippen molar-refractivity contribution < 1.29 is 10.2 Å². The molecule has 0 aliphatic carbocycles. The topological polar surface area (TPSA) is 40.5 Å². The molecule has 2 N–H and O–H groups in total. The molecule has 78 valence electrons. The summed E-state index contributed by atoms with van der Waals surface area (Å²) in [6.07, 6.45) is -0.0662. The first-order chi connectivity index (χ1) is 6.43. The van der Waals surface area contributed by atoms with Crippen molar-refractivity contribution >= 4 is 47.8 Å². The quantitative estimate of drug-likeness (QED) is 0.760. The molecule has 1 unspecified atom stereocenters. The van der Waals surface area contributed by atoms with Gasteiger partial charge in [0.25, 0.3) is 0 Å². The Hall–Kier alpha value is 0.420. The van der Waals surface area contributed by atoms with Crippen molar-refractivity contribution in [2.75, 3.05) is 0 Å². The summed E-state index contributed by atoms with van der Waals surface area (Å²) < 4.78 is 2.38. The summed E-state index contributed by atoms with van der Waals surface area (Å²) in [5, 5.41) is 18.9. The van der Waals surface area contributed by atoms with E-state index in [0.29, 0.717) is 12.0 Å². The molecule has 0 amide bonds. The first-order valence-electron chi connectivity index (χ1n) is 3.97. The number of benzene rings is 1. The average Bonchev–Trinajstić information content (AvgIpc) is 2.09. The van der Waals surface area contributed by atoms with Crippen LogP contribution in [0.2, 0.25) is 0 Å². The molecular formula is C9H9Br3O2. The fourth-order valence-corrected chi connectivity index (χ4v) is 2.72. The van der Waals surface area contributed by atoms with Crippen molar-refractivity contribution in [3.8, 4) is 5.75 Å². The van der Waals surface area contributed by atoms with Crippen LogP contribution in [0, 0.1) is 0 Å². The van der Waals surface area contributed by atoms with E-state index in [1.165, 1.54) is 0 Å². The van der Waals surface area contributed by atoms with Crippen molar-refractivity contribution in [2.24, 2.45) is 0 Å². The van der Waals surface area contributed by atoms with Gasteiger partial charge in [0.1, 0.15) is 5.75 Å². The number of phenolic OH excluding ortho intramolecular Hbond substituents is 1. The molecule has 0 spiro atoms.